The van der Waals surface area contributed by atoms with Crippen LogP contribution in [-0.4, -0.2) is 28.2 Å². The first-order valence-corrected chi connectivity index (χ1v) is 15.5. The van der Waals surface area contributed by atoms with E-state index < -0.39 is 11.5 Å². The van der Waals surface area contributed by atoms with Gasteiger partial charge in [0.05, 0.1) is 18.6 Å². The number of benzene rings is 2. The fourth-order valence-electron chi connectivity index (χ4n) is 7.80. The number of anilines is 1. The van der Waals surface area contributed by atoms with Gasteiger partial charge in [0.25, 0.3) is 0 Å². The molecule has 5 nitrogen and oxygen atoms in total. The van der Waals surface area contributed by atoms with Gasteiger partial charge in [-0.15, -0.1) is 0 Å². The summed E-state index contributed by atoms with van der Waals surface area (Å²) in [4.78, 5) is 17.1. The number of fused-ring (bicyclic) bond motifs is 3. The van der Waals surface area contributed by atoms with Gasteiger partial charge in [-0.3, -0.25) is 4.98 Å². The number of hydrogen-bond acceptors (Lipinski definition) is 4. The van der Waals surface area contributed by atoms with E-state index in [4.69, 9.17) is 16.3 Å². The normalized spacial score (nSPS) is 26.5. The van der Waals surface area contributed by atoms with Crippen LogP contribution in [0.4, 0.5) is 10.1 Å². The number of ether oxygens (including phenoxy) is 1. The molecule has 2 N–H and O–H groups in total. The van der Waals surface area contributed by atoms with E-state index >= 15 is 0 Å². The average Bonchev–Trinajstić information content (AvgIpc) is 3.29. The zero-order chi connectivity index (χ0) is 29.3. The van der Waals surface area contributed by atoms with Crippen molar-refractivity contribution in [2.75, 3.05) is 11.9 Å². The van der Waals surface area contributed by atoms with Gasteiger partial charge in [0.15, 0.2) is 0 Å². The van der Waals surface area contributed by atoms with Gasteiger partial charge in [-0.05, 0) is 110 Å². The molecule has 3 aliphatic carbocycles. The fraction of sp³-hybridized carbons (Fsp3) is 0.429. The Labute approximate surface area is 252 Å². The number of nitrogens with zero attached hydrogens (tertiary/aromatic N) is 1. The Balaban J connectivity index is 1.19. The molecule has 0 saturated heterocycles. The molecule has 1 aromatic heterocycles. The van der Waals surface area contributed by atoms with Crippen molar-refractivity contribution >= 4 is 28.8 Å². The van der Waals surface area contributed by atoms with Crippen LogP contribution >= 0.6 is 11.6 Å². The minimum absolute atomic E-state index is 0.0591. The summed E-state index contributed by atoms with van der Waals surface area (Å²) in [6.07, 6.45) is 9.52. The van der Waals surface area contributed by atoms with Crippen molar-refractivity contribution in [3.8, 4) is 5.75 Å². The van der Waals surface area contributed by atoms with Crippen LogP contribution in [0.2, 0.25) is 5.02 Å². The first-order chi connectivity index (χ1) is 20.3. The highest BCUT2D eigenvalue weighted by Crippen LogP contribution is 2.56. The Hall–Kier alpha value is -3.38. The van der Waals surface area contributed by atoms with Crippen molar-refractivity contribution in [2.45, 2.75) is 75.7 Å². The summed E-state index contributed by atoms with van der Waals surface area (Å²) in [5, 5.41) is 14.3. The molecule has 2 atom stereocenters. The number of halogens is 2. The maximum atomic E-state index is 13.4. The lowest BCUT2D eigenvalue weighted by atomic mass is 9.59. The average molecular weight is 589 g/mol. The zero-order valence-corrected chi connectivity index (χ0v) is 24.8. The second-order valence-corrected chi connectivity index (χ2v) is 12.9. The number of aromatic nitrogens is 1. The molecule has 3 aliphatic rings. The minimum atomic E-state index is -1.03. The molecular formula is C35H38ClFN2O3. The number of nitrogens with one attached hydrogen (secondary N) is 1. The Bertz CT molecular complexity index is 1500. The Morgan fingerprint density at radius 2 is 1.98 bits per heavy atom. The molecule has 1 spiro atoms. The quantitative estimate of drug-likeness (QED) is 0.276. The van der Waals surface area contributed by atoms with Crippen molar-refractivity contribution < 1.29 is 19.0 Å². The molecule has 6 rings (SSSR count). The fourth-order valence-corrected chi connectivity index (χ4v) is 7.99. The van der Waals surface area contributed by atoms with Gasteiger partial charge >= 0.3 is 5.97 Å². The maximum Gasteiger partial charge on any atom is 0.329 e. The van der Waals surface area contributed by atoms with Crippen LogP contribution in [0.15, 0.2) is 67.1 Å². The van der Waals surface area contributed by atoms with Gasteiger partial charge in [0, 0.05) is 28.0 Å². The summed E-state index contributed by atoms with van der Waals surface area (Å²) in [6, 6.07) is 17.9. The molecule has 0 radical (unpaired) electrons. The van der Waals surface area contributed by atoms with E-state index in [2.05, 4.69) is 41.5 Å². The number of carboxylic acid groups (broad SMARTS) is 1. The van der Waals surface area contributed by atoms with Gasteiger partial charge in [-0.1, -0.05) is 48.9 Å². The van der Waals surface area contributed by atoms with Crippen molar-refractivity contribution in [2.24, 2.45) is 11.8 Å². The lowest BCUT2D eigenvalue weighted by Crippen LogP contribution is -2.53. The number of rotatable bonds is 8. The van der Waals surface area contributed by atoms with Crippen LogP contribution in [0, 0.1) is 11.8 Å². The highest BCUT2D eigenvalue weighted by atomic mass is 35.5. The number of allylic oxidation sites excluding steroid dienone is 1. The Morgan fingerprint density at radius 3 is 2.74 bits per heavy atom. The number of carbonyl (C=O) groups is 1. The van der Waals surface area contributed by atoms with Crippen molar-refractivity contribution in [1.82, 2.24) is 4.98 Å². The van der Waals surface area contributed by atoms with E-state index in [1.54, 1.807) is 18.3 Å². The summed E-state index contributed by atoms with van der Waals surface area (Å²) in [5.74, 6) is 0.694. The molecule has 0 aliphatic heterocycles. The monoisotopic (exact) mass is 588 g/mol. The first kappa shape index (κ1) is 28.7. The molecule has 2 aromatic carbocycles. The molecule has 1 heterocycles. The molecule has 0 amide bonds. The van der Waals surface area contributed by atoms with E-state index in [-0.39, 0.29) is 5.41 Å². The SMILES string of the molecule is C[C@@H](COc1ccnc2c1CCC/C2=C\F)CC1Cc2ccccc2C12CCC(Nc1cccc(Cl)c1)(C(=O)O)CC2. The second-order valence-electron chi connectivity index (χ2n) is 12.5. The standard InChI is InChI=1S/C35H38ClFN2O3/c1-23(22-42-31-12-17-38-32-25(21-37)7-4-10-29(31)32)18-26-19-24-6-2-3-11-30(24)34(26)13-15-35(16-14-34,33(40)41)39-28-9-5-8-27(36)20-28/h2-3,5-6,8-9,11-12,17,20-21,23,26,39H,4,7,10,13-16,18-19,22H2,1H3,(H,40,41)/b25-21+/t23-,26?,34?,35?/m1/s1. The molecular weight excluding hydrogens is 551 g/mol. The minimum Gasteiger partial charge on any atom is -0.493 e. The van der Waals surface area contributed by atoms with Gasteiger partial charge in [0.2, 0.25) is 0 Å². The second kappa shape index (κ2) is 11.7. The third-order valence-corrected chi connectivity index (χ3v) is 10.2. The third kappa shape index (κ3) is 5.30. The Morgan fingerprint density at radius 1 is 1.17 bits per heavy atom. The molecule has 1 saturated carbocycles. The highest BCUT2D eigenvalue weighted by molar-refractivity contribution is 6.30. The molecule has 3 aromatic rings. The van der Waals surface area contributed by atoms with Crippen LogP contribution in [0.1, 0.15) is 74.3 Å². The predicted octanol–water partition coefficient (Wildman–Crippen LogP) is 8.41. The third-order valence-electron chi connectivity index (χ3n) is 9.95. The van der Waals surface area contributed by atoms with Crippen LogP contribution in [0.3, 0.4) is 0 Å². The van der Waals surface area contributed by atoms with Crippen molar-refractivity contribution in [1.29, 1.82) is 0 Å². The summed E-state index contributed by atoms with van der Waals surface area (Å²) >= 11 is 6.20. The summed E-state index contributed by atoms with van der Waals surface area (Å²) in [7, 11) is 0. The van der Waals surface area contributed by atoms with Crippen LogP contribution in [0.5, 0.6) is 5.75 Å². The summed E-state index contributed by atoms with van der Waals surface area (Å²) in [6.45, 7) is 2.81. The number of pyridine rings is 1. The van der Waals surface area contributed by atoms with E-state index in [1.165, 1.54) is 11.1 Å². The summed E-state index contributed by atoms with van der Waals surface area (Å²) < 4.78 is 19.8. The zero-order valence-electron chi connectivity index (χ0n) is 24.0. The van der Waals surface area contributed by atoms with Gasteiger partial charge in [0.1, 0.15) is 11.3 Å². The molecule has 1 fully saturated rings. The predicted molar refractivity (Wildman–Crippen MR) is 165 cm³/mol. The van der Waals surface area contributed by atoms with E-state index in [1.807, 2.05) is 18.2 Å². The van der Waals surface area contributed by atoms with E-state index in [0.717, 1.165) is 61.2 Å². The first-order valence-electron chi connectivity index (χ1n) is 15.1. The Kier molecular flexibility index (Phi) is 8.01. The van der Waals surface area contributed by atoms with Crippen molar-refractivity contribution in [3.05, 3.63) is 94.5 Å². The number of aliphatic carboxylic acids is 1. The smallest absolute Gasteiger partial charge is 0.329 e. The van der Waals surface area contributed by atoms with E-state index in [9.17, 15) is 14.3 Å². The van der Waals surface area contributed by atoms with Crippen molar-refractivity contribution in [3.63, 3.8) is 0 Å². The van der Waals surface area contributed by atoms with Crippen LogP contribution in [0.25, 0.3) is 5.57 Å². The topological polar surface area (TPSA) is 71.5 Å². The van der Waals surface area contributed by atoms with Gasteiger partial charge < -0.3 is 15.2 Å². The lowest BCUT2D eigenvalue weighted by molar-refractivity contribution is -0.144. The van der Waals surface area contributed by atoms with Gasteiger partial charge in [-0.25, -0.2) is 9.18 Å². The summed E-state index contributed by atoms with van der Waals surface area (Å²) in [5.41, 5.74) is 4.82. The molecule has 42 heavy (non-hydrogen) atoms. The lowest BCUT2D eigenvalue weighted by Gasteiger charge is -2.47. The maximum absolute atomic E-state index is 13.4. The van der Waals surface area contributed by atoms with Gasteiger partial charge in [-0.2, -0.15) is 0 Å². The number of carboxylic acids is 1. The largest absolute Gasteiger partial charge is 0.493 e. The molecule has 220 valence electrons. The van der Waals surface area contributed by atoms with Crippen LogP contribution in [-0.2, 0) is 23.1 Å². The highest BCUT2D eigenvalue weighted by Gasteiger charge is 2.54. The van der Waals surface area contributed by atoms with E-state index in [0.29, 0.717) is 54.6 Å². The van der Waals surface area contributed by atoms with Crippen LogP contribution < -0.4 is 10.1 Å². The molecule has 7 heteroatoms. The number of hydrogen-bond donors (Lipinski definition) is 2. The molecule has 0 bridgehead atoms. The molecule has 1 unspecified atom stereocenters.